The molecule has 0 bridgehead atoms. The average molecular weight is 395 g/mol. The summed E-state index contributed by atoms with van der Waals surface area (Å²) in [5.41, 5.74) is 0.780. The van der Waals surface area contributed by atoms with Gasteiger partial charge in [-0.1, -0.05) is 24.3 Å². The maximum Gasteiger partial charge on any atom is 0.244 e. The molecule has 7 nitrogen and oxygen atoms in total. The molecular weight excluding hydrogens is 378 g/mol. The number of rotatable bonds is 7. The van der Waals surface area contributed by atoms with Gasteiger partial charge in [-0.2, -0.15) is 9.57 Å². The Morgan fingerprint density at radius 1 is 1.07 bits per heavy atom. The Morgan fingerprint density at radius 2 is 1.86 bits per heavy atom. The minimum atomic E-state index is -4.04. The van der Waals surface area contributed by atoms with Crippen LogP contribution < -0.4 is 5.32 Å². The molecule has 3 rings (SSSR count). The molecule has 1 amide bonds. The van der Waals surface area contributed by atoms with Crippen molar-refractivity contribution in [2.75, 3.05) is 11.9 Å². The third-order valence-corrected chi connectivity index (χ3v) is 5.68. The largest absolute Gasteiger partial charge is 0.468 e. The summed E-state index contributed by atoms with van der Waals surface area (Å²) in [5, 5.41) is 11.7. The van der Waals surface area contributed by atoms with Crippen LogP contribution in [0.5, 0.6) is 0 Å². The van der Waals surface area contributed by atoms with Gasteiger partial charge in [-0.25, -0.2) is 8.42 Å². The molecule has 0 unspecified atom stereocenters. The van der Waals surface area contributed by atoms with Gasteiger partial charge in [0.05, 0.1) is 35.9 Å². The van der Waals surface area contributed by atoms with E-state index in [1.165, 1.54) is 30.5 Å². The minimum absolute atomic E-state index is 0.0642. The predicted molar refractivity (Wildman–Crippen MR) is 103 cm³/mol. The molecule has 1 heterocycles. The van der Waals surface area contributed by atoms with Crippen LogP contribution in [0.2, 0.25) is 0 Å². The molecule has 0 fully saturated rings. The highest BCUT2D eigenvalue weighted by molar-refractivity contribution is 7.89. The summed E-state index contributed by atoms with van der Waals surface area (Å²) in [6.45, 7) is -0.525. The monoisotopic (exact) mass is 395 g/mol. The first-order chi connectivity index (χ1) is 13.5. The Labute approximate surface area is 162 Å². The first kappa shape index (κ1) is 19.4. The minimum Gasteiger partial charge on any atom is -0.468 e. The molecule has 142 valence electrons. The van der Waals surface area contributed by atoms with Gasteiger partial charge in [-0.3, -0.25) is 4.79 Å². The number of hydrogen-bond donors (Lipinski definition) is 1. The van der Waals surface area contributed by atoms with Crippen LogP contribution in [0.1, 0.15) is 11.3 Å². The number of carbonyl (C=O) groups excluding carboxylic acids is 1. The molecule has 0 saturated heterocycles. The van der Waals surface area contributed by atoms with Crippen LogP contribution in [-0.4, -0.2) is 25.2 Å². The summed E-state index contributed by atoms with van der Waals surface area (Å²) in [5.74, 6) is -0.0923. The molecular formula is C20H17N3O4S. The van der Waals surface area contributed by atoms with Crippen LogP contribution in [0, 0.1) is 11.3 Å². The Balaban J connectivity index is 1.87. The number of carbonyl (C=O) groups is 1. The number of sulfonamides is 1. The number of nitrogens with zero attached hydrogens (tertiary/aromatic N) is 2. The number of amides is 1. The lowest BCUT2D eigenvalue weighted by atomic mass is 10.2. The molecule has 8 heteroatoms. The van der Waals surface area contributed by atoms with Gasteiger partial charge in [0.15, 0.2) is 0 Å². The predicted octanol–water partition coefficient (Wildman–Crippen LogP) is 2.98. The average Bonchev–Trinajstić information content (AvgIpc) is 3.21. The maximum atomic E-state index is 13.1. The number of furan rings is 1. The van der Waals surface area contributed by atoms with Gasteiger partial charge in [0.1, 0.15) is 5.76 Å². The van der Waals surface area contributed by atoms with Crippen molar-refractivity contribution in [2.45, 2.75) is 11.4 Å². The van der Waals surface area contributed by atoms with E-state index in [4.69, 9.17) is 9.68 Å². The van der Waals surface area contributed by atoms with Crippen LogP contribution in [0.25, 0.3) is 0 Å². The van der Waals surface area contributed by atoms with E-state index in [0.717, 1.165) is 4.31 Å². The number of nitriles is 1. The van der Waals surface area contributed by atoms with Crippen molar-refractivity contribution < 1.29 is 17.6 Å². The quantitative estimate of drug-likeness (QED) is 0.662. The number of para-hydroxylation sites is 1. The van der Waals surface area contributed by atoms with Gasteiger partial charge in [0.25, 0.3) is 0 Å². The molecule has 0 radical (unpaired) electrons. The summed E-state index contributed by atoms with van der Waals surface area (Å²) in [6, 6.07) is 19.6. The van der Waals surface area contributed by atoms with E-state index in [2.05, 4.69) is 5.32 Å². The fraction of sp³-hybridized carbons (Fsp3) is 0.100. The van der Waals surface area contributed by atoms with Crippen molar-refractivity contribution >= 4 is 21.6 Å². The normalized spacial score (nSPS) is 11.1. The van der Waals surface area contributed by atoms with E-state index in [1.807, 2.05) is 12.1 Å². The molecule has 3 aromatic rings. The molecule has 1 N–H and O–H groups in total. The summed E-state index contributed by atoms with van der Waals surface area (Å²) in [4.78, 5) is 12.4. The zero-order valence-electron chi connectivity index (χ0n) is 14.8. The van der Waals surface area contributed by atoms with E-state index < -0.39 is 22.5 Å². The SMILES string of the molecule is N#Cc1cccc(S(=O)(=O)N(CC(=O)Nc2ccccc2)Cc2ccco2)c1. The van der Waals surface area contributed by atoms with Crippen molar-refractivity contribution in [3.63, 3.8) is 0 Å². The Morgan fingerprint density at radius 3 is 2.54 bits per heavy atom. The van der Waals surface area contributed by atoms with E-state index in [1.54, 1.807) is 36.4 Å². The van der Waals surface area contributed by atoms with Gasteiger partial charge in [0.2, 0.25) is 15.9 Å². The highest BCUT2D eigenvalue weighted by Gasteiger charge is 2.28. The molecule has 0 atom stereocenters. The smallest absolute Gasteiger partial charge is 0.244 e. The molecule has 0 saturated carbocycles. The van der Waals surface area contributed by atoms with Gasteiger partial charge in [-0.15, -0.1) is 0 Å². The molecule has 0 aliphatic carbocycles. The van der Waals surface area contributed by atoms with Crippen molar-refractivity contribution in [1.82, 2.24) is 4.31 Å². The van der Waals surface area contributed by atoms with E-state index >= 15 is 0 Å². The Hall–Kier alpha value is -3.41. The third kappa shape index (κ3) is 4.65. The number of anilines is 1. The molecule has 0 aliphatic heterocycles. The second-order valence-corrected chi connectivity index (χ2v) is 7.84. The molecule has 2 aromatic carbocycles. The zero-order valence-corrected chi connectivity index (χ0v) is 15.6. The molecule has 0 spiro atoms. The van der Waals surface area contributed by atoms with Crippen LogP contribution in [-0.2, 0) is 21.4 Å². The second kappa shape index (κ2) is 8.52. The van der Waals surface area contributed by atoms with Crippen LogP contribution >= 0.6 is 0 Å². The van der Waals surface area contributed by atoms with Crippen molar-refractivity contribution in [3.8, 4) is 6.07 Å². The Kier molecular flexibility index (Phi) is 5.89. The van der Waals surface area contributed by atoms with E-state index in [-0.39, 0.29) is 17.0 Å². The maximum absolute atomic E-state index is 13.1. The van der Waals surface area contributed by atoms with Crippen LogP contribution in [0.3, 0.4) is 0 Å². The topological polar surface area (TPSA) is 103 Å². The number of benzene rings is 2. The summed E-state index contributed by atoms with van der Waals surface area (Å²) in [6.07, 6.45) is 1.43. The first-order valence-corrected chi connectivity index (χ1v) is 9.80. The summed E-state index contributed by atoms with van der Waals surface area (Å²) >= 11 is 0. The molecule has 0 aliphatic rings. The Bertz CT molecular complexity index is 1090. The molecule has 1 aromatic heterocycles. The van der Waals surface area contributed by atoms with Gasteiger partial charge < -0.3 is 9.73 Å². The molecule has 28 heavy (non-hydrogen) atoms. The van der Waals surface area contributed by atoms with Gasteiger partial charge >= 0.3 is 0 Å². The lowest BCUT2D eigenvalue weighted by Gasteiger charge is -2.21. The zero-order chi connectivity index (χ0) is 20.0. The van der Waals surface area contributed by atoms with Gasteiger partial charge in [0, 0.05) is 5.69 Å². The van der Waals surface area contributed by atoms with Crippen molar-refractivity contribution in [3.05, 3.63) is 84.3 Å². The highest BCUT2D eigenvalue weighted by atomic mass is 32.2. The lowest BCUT2D eigenvalue weighted by molar-refractivity contribution is -0.116. The standard InChI is InChI=1S/C20H17N3O4S/c21-13-16-6-4-10-19(12-16)28(25,26)23(14-18-9-5-11-27-18)15-20(24)22-17-7-2-1-3-8-17/h1-12H,14-15H2,(H,22,24). The van der Waals surface area contributed by atoms with E-state index in [9.17, 15) is 13.2 Å². The van der Waals surface area contributed by atoms with Crippen LogP contribution in [0.4, 0.5) is 5.69 Å². The van der Waals surface area contributed by atoms with Gasteiger partial charge in [-0.05, 0) is 42.5 Å². The summed E-state index contributed by atoms with van der Waals surface area (Å²) in [7, 11) is -4.04. The first-order valence-electron chi connectivity index (χ1n) is 8.36. The van der Waals surface area contributed by atoms with E-state index in [0.29, 0.717) is 11.4 Å². The number of nitrogens with one attached hydrogen (secondary N) is 1. The number of hydrogen-bond acceptors (Lipinski definition) is 5. The highest BCUT2D eigenvalue weighted by Crippen LogP contribution is 2.20. The fourth-order valence-corrected chi connectivity index (χ4v) is 3.97. The van der Waals surface area contributed by atoms with Crippen molar-refractivity contribution in [1.29, 1.82) is 5.26 Å². The fourth-order valence-electron chi connectivity index (χ4n) is 2.56. The second-order valence-electron chi connectivity index (χ2n) is 5.91. The third-order valence-electron chi connectivity index (χ3n) is 3.89. The lowest BCUT2D eigenvalue weighted by Crippen LogP contribution is -2.37. The summed E-state index contributed by atoms with van der Waals surface area (Å²) < 4.78 is 32.5. The van der Waals surface area contributed by atoms with Crippen LogP contribution in [0.15, 0.2) is 82.3 Å². The van der Waals surface area contributed by atoms with Crippen molar-refractivity contribution in [2.24, 2.45) is 0 Å².